The number of benzene rings is 3. The summed E-state index contributed by atoms with van der Waals surface area (Å²) in [4.78, 5) is 12.3. The third kappa shape index (κ3) is 7.24. The molecule has 0 spiro atoms. The van der Waals surface area contributed by atoms with E-state index in [-0.39, 0.29) is 6.61 Å². The fraction of sp³-hybridized carbons (Fsp3) is 0.192. The molecule has 32 heavy (non-hydrogen) atoms. The quantitative estimate of drug-likeness (QED) is 0.268. The van der Waals surface area contributed by atoms with Gasteiger partial charge in [0, 0.05) is 18.1 Å². The zero-order valence-corrected chi connectivity index (χ0v) is 18.6. The first kappa shape index (κ1) is 23.5. The molecule has 0 aliphatic rings. The summed E-state index contributed by atoms with van der Waals surface area (Å²) in [6, 6.07) is 24.3. The van der Waals surface area contributed by atoms with Crippen molar-refractivity contribution in [3.8, 4) is 5.75 Å². The van der Waals surface area contributed by atoms with E-state index in [0.29, 0.717) is 35.0 Å². The van der Waals surface area contributed by atoms with Crippen LogP contribution in [0.4, 0.5) is 0 Å². The van der Waals surface area contributed by atoms with Gasteiger partial charge in [-0.2, -0.15) is 0 Å². The first-order chi connectivity index (χ1) is 15.5. The first-order valence-electron chi connectivity index (χ1n) is 10.3. The summed E-state index contributed by atoms with van der Waals surface area (Å²) >= 11 is 6.06. The Morgan fingerprint density at radius 3 is 2.50 bits per heavy atom. The number of nitrogens with one attached hydrogen (secondary N) is 1. The van der Waals surface area contributed by atoms with Crippen molar-refractivity contribution in [2.45, 2.75) is 12.6 Å². The van der Waals surface area contributed by atoms with Crippen molar-refractivity contribution in [3.05, 3.63) is 101 Å². The lowest BCUT2D eigenvalue weighted by molar-refractivity contribution is -0.133. The Morgan fingerprint density at radius 1 is 1.06 bits per heavy atom. The molecule has 3 rings (SSSR count). The molecule has 3 aromatic carbocycles. The Bertz CT molecular complexity index is 1040. The molecule has 0 saturated carbocycles. The lowest BCUT2D eigenvalue weighted by Gasteiger charge is -2.13. The molecule has 1 atom stereocenters. The number of methoxy groups -OCH3 is 1. The van der Waals surface area contributed by atoms with Crippen LogP contribution in [0.25, 0.3) is 11.6 Å². The van der Waals surface area contributed by atoms with Gasteiger partial charge < -0.3 is 19.9 Å². The monoisotopic (exact) mass is 451 g/mol. The third-order valence-electron chi connectivity index (χ3n) is 4.73. The van der Waals surface area contributed by atoms with Crippen LogP contribution in [0.1, 0.15) is 16.7 Å². The molecule has 0 aromatic heterocycles. The van der Waals surface area contributed by atoms with Crippen LogP contribution >= 0.6 is 11.6 Å². The van der Waals surface area contributed by atoms with E-state index in [4.69, 9.17) is 21.1 Å². The maximum atomic E-state index is 12.3. The molecule has 0 saturated heterocycles. The van der Waals surface area contributed by atoms with E-state index in [1.807, 2.05) is 42.5 Å². The molecule has 1 unspecified atom stereocenters. The first-order valence-corrected chi connectivity index (χ1v) is 10.6. The van der Waals surface area contributed by atoms with Gasteiger partial charge in [-0.05, 0) is 47.0 Å². The van der Waals surface area contributed by atoms with Crippen molar-refractivity contribution in [2.24, 2.45) is 0 Å². The van der Waals surface area contributed by atoms with Gasteiger partial charge >= 0.3 is 5.97 Å². The zero-order chi connectivity index (χ0) is 22.8. The number of rotatable bonds is 10. The van der Waals surface area contributed by atoms with Crippen LogP contribution in [0.3, 0.4) is 0 Å². The molecule has 2 N–H and O–H groups in total. The second-order valence-corrected chi connectivity index (χ2v) is 7.65. The highest BCUT2D eigenvalue weighted by Gasteiger charge is 2.13. The second kappa shape index (κ2) is 12.1. The van der Waals surface area contributed by atoms with Gasteiger partial charge in [-0.3, -0.25) is 0 Å². The lowest BCUT2D eigenvalue weighted by atomic mass is 10.0. The normalized spacial score (nSPS) is 12.3. The number of ether oxygens (including phenoxy) is 2. The van der Waals surface area contributed by atoms with Crippen molar-refractivity contribution >= 4 is 29.2 Å². The van der Waals surface area contributed by atoms with Gasteiger partial charge in [-0.1, -0.05) is 66.2 Å². The van der Waals surface area contributed by atoms with Gasteiger partial charge in [0.1, 0.15) is 18.5 Å². The molecule has 0 fully saturated rings. The van der Waals surface area contributed by atoms with Crippen LogP contribution in [0, 0.1) is 0 Å². The number of halogens is 1. The van der Waals surface area contributed by atoms with E-state index in [9.17, 15) is 9.90 Å². The van der Waals surface area contributed by atoms with E-state index in [2.05, 4.69) is 5.32 Å². The van der Waals surface area contributed by atoms with Crippen molar-refractivity contribution < 1.29 is 19.4 Å². The average Bonchev–Trinajstić information content (AvgIpc) is 2.82. The molecule has 0 amide bonds. The predicted molar refractivity (Wildman–Crippen MR) is 127 cm³/mol. The van der Waals surface area contributed by atoms with Crippen LogP contribution in [0.15, 0.2) is 78.9 Å². The van der Waals surface area contributed by atoms with E-state index in [1.165, 1.54) is 7.11 Å². The number of aliphatic hydroxyl groups excluding tert-OH is 1. The summed E-state index contributed by atoms with van der Waals surface area (Å²) in [6.07, 6.45) is 1.11. The Hall–Kier alpha value is -3.12. The maximum absolute atomic E-state index is 12.3. The van der Waals surface area contributed by atoms with E-state index in [0.717, 1.165) is 11.1 Å². The fourth-order valence-electron chi connectivity index (χ4n) is 3.08. The van der Waals surface area contributed by atoms with E-state index in [1.54, 1.807) is 42.5 Å². The average molecular weight is 452 g/mol. The van der Waals surface area contributed by atoms with Crippen molar-refractivity contribution in [3.63, 3.8) is 0 Å². The van der Waals surface area contributed by atoms with E-state index < -0.39 is 12.1 Å². The SMILES string of the molecule is COC(=O)/C(=C/c1ccc(OCC(O)CNCc2ccccc2)cc1)c1cccc(Cl)c1. The van der Waals surface area contributed by atoms with E-state index >= 15 is 0 Å². The Kier molecular flexibility index (Phi) is 8.87. The number of hydrogen-bond acceptors (Lipinski definition) is 5. The molecule has 0 bridgehead atoms. The highest BCUT2D eigenvalue weighted by atomic mass is 35.5. The summed E-state index contributed by atoms with van der Waals surface area (Å²) in [5.41, 5.74) is 3.05. The maximum Gasteiger partial charge on any atom is 0.338 e. The van der Waals surface area contributed by atoms with Gasteiger partial charge in [0.15, 0.2) is 0 Å². The standard InChI is InChI=1S/C26H26ClNO4/c1-31-26(30)25(21-8-5-9-22(27)15-21)14-19-10-12-24(13-11-19)32-18-23(29)17-28-16-20-6-3-2-4-7-20/h2-15,23,28-29H,16-18H2,1H3/b25-14+. The zero-order valence-electron chi connectivity index (χ0n) is 17.8. The van der Waals surface area contributed by atoms with Gasteiger partial charge in [-0.25, -0.2) is 4.79 Å². The number of carbonyl (C=O) groups excluding carboxylic acids is 1. The predicted octanol–water partition coefficient (Wildman–Crippen LogP) is 4.58. The Balaban J connectivity index is 1.55. The summed E-state index contributed by atoms with van der Waals surface area (Å²) in [5.74, 6) is 0.186. The topological polar surface area (TPSA) is 67.8 Å². The summed E-state index contributed by atoms with van der Waals surface area (Å²) < 4.78 is 10.6. The smallest absolute Gasteiger partial charge is 0.338 e. The fourth-order valence-corrected chi connectivity index (χ4v) is 3.27. The minimum absolute atomic E-state index is 0.174. The molecule has 166 valence electrons. The minimum atomic E-state index is -0.632. The molecule has 0 aliphatic heterocycles. The van der Waals surface area contributed by atoms with Crippen LogP contribution < -0.4 is 10.1 Å². The number of carbonyl (C=O) groups is 1. The van der Waals surface area contributed by atoms with Gasteiger partial charge in [0.2, 0.25) is 0 Å². The second-order valence-electron chi connectivity index (χ2n) is 7.21. The summed E-state index contributed by atoms with van der Waals surface area (Å²) in [5, 5.41) is 13.9. The lowest BCUT2D eigenvalue weighted by Crippen LogP contribution is -2.31. The molecular weight excluding hydrogens is 426 g/mol. The van der Waals surface area contributed by atoms with Crippen LogP contribution in [0.2, 0.25) is 5.02 Å². The number of esters is 1. The Morgan fingerprint density at radius 2 is 1.81 bits per heavy atom. The van der Waals surface area contributed by atoms with Gasteiger partial charge in [-0.15, -0.1) is 0 Å². The van der Waals surface area contributed by atoms with Crippen molar-refractivity contribution in [1.82, 2.24) is 5.32 Å². The number of hydrogen-bond donors (Lipinski definition) is 2. The summed E-state index contributed by atoms with van der Waals surface area (Å²) in [7, 11) is 1.34. The molecule has 3 aromatic rings. The Labute approximate surface area is 193 Å². The third-order valence-corrected chi connectivity index (χ3v) is 4.96. The largest absolute Gasteiger partial charge is 0.491 e. The molecule has 0 aliphatic carbocycles. The van der Waals surface area contributed by atoms with Crippen LogP contribution in [-0.2, 0) is 16.1 Å². The van der Waals surface area contributed by atoms with Crippen LogP contribution in [0.5, 0.6) is 5.75 Å². The molecule has 0 radical (unpaired) electrons. The van der Waals surface area contributed by atoms with Gasteiger partial charge in [0.05, 0.1) is 12.7 Å². The van der Waals surface area contributed by atoms with Crippen molar-refractivity contribution in [1.29, 1.82) is 0 Å². The highest BCUT2D eigenvalue weighted by Crippen LogP contribution is 2.23. The van der Waals surface area contributed by atoms with Gasteiger partial charge in [0.25, 0.3) is 0 Å². The molecule has 5 nitrogen and oxygen atoms in total. The minimum Gasteiger partial charge on any atom is -0.491 e. The summed E-state index contributed by atoms with van der Waals surface area (Å²) in [6.45, 7) is 1.29. The molecule has 6 heteroatoms. The van der Waals surface area contributed by atoms with Crippen molar-refractivity contribution in [2.75, 3.05) is 20.3 Å². The number of aliphatic hydroxyl groups is 1. The van der Waals surface area contributed by atoms with Crippen LogP contribution in [-0.4, -0.2) is 37.4 Å². The molecular formula is C26H26ClNO4. The highest BCUT2D eigenvalue weighted by molar-refractivity contribution is 6.31. The molecule has 0 heterocycles.